The zero-order valence-electron chi connectivity index (χ0n) is 17.5. The molecular formula is C22H31N5O2. The lowest BCUT2D eigenvalue weighted by molar-refractivity contribution is 0.185. The maximum atomic E-state index is 13.1. The molecule has 1 aliphatic carbocycles. The van der Waals surface area contributed by atoms with Crippen molar-refractivity contribution < 1.29 is 4.74 Å². The Kier molecular flexibility index (Phi) is 5.02. The van der Waals surface area contributed by atoms with Crippen LogP contribution in [0.5, 0.6) is 5.75 Å². The van der Waals surface area contributed by atoms with Crippen molar-refractivity contribution in [1.82, 2.24) is 9.55 Å². The molecule has 0 unspecified atom stereocenters. The summed E-state index contributed by atoms with van der Waals surface area (Å²) in [5.41, 5.74) is 14.1. The number of hydrogen-bond donors (Lipinski definition) is 2. The van der Waals surface area contributed by atoms with Crippen molar-refractivity contribution in [3.05, 3.63) is 34.6 Å². The molecule has 4 N–H and O–H groups in total. The van der Waals surface area contributed by atoms with Gasteiger partial charge in [0.25, 0.3) is 5.56 Å². The van der Waals surface area contributed by atoms with Gasteiger partial charge in [0.05, 0.1) is 12.7 Å². The van der Waals surface area contributed by atoms with Gasteiger partial charge in [0.1, 0.15) is 11.6 Å². The molecule has 2 aromatic rings. The Hall–Kier alpha value is -2.54. The van der Waals surface area contributed by atoms with Crippen LogP contribution in [0, 0.1) is 11.3 Å². The SMILES string of the molecule is COc1ccc(-c2c(N)nc(N3CCC4(CC[C@@H](C)[C@H]4N)CC3)n(C)c2=O)cc1. The first-order valence-corrected chi connectivity index (χ1v) is 10.4. The van der Waals surface area contributed by atoms with E-state index in [2.05, 4.69) is 16.8 Å². The number of methoxy groups -OCH3 is 1. The predicted molar refractivity (Wildman–Crippen MR) is 116 cm³/mol. The summed E-state index contributed by atoms with van der Waals surface area (Å²) < 4.78 is 6.81. The summed E-state index contributed by atoms with van der Waals surface area (Å²) in [6.45, 7) is 3.96. The first kappa shape index (κ1) is 19.8. The highest BCUT2D eigenvalue weighted by molar-refractivity contribution is 5.74. The number of nitrogens with zero attached hydrogens (tertiary/aromatic N) is 3. The van der Waals surface area contributed by atoms with Crippen LogP contribution in [0.1, 0.15) is 32.6 Å². The van der Waals surface area contributed by atoms with Crippen LogP contribution >= 0.6 is 0 Å². The standard InChI is InChI=1S/C22H31N5O2/c1-14-8-9-22(18(14)23)10-12-27(13-11-22)21-25-19(24)17(20(28)26(21)2)15-4-6-16(29-3)7-5-15/h4-7,14,18H,8-13,23-24H2,1-3H3/t14-,18-/m1/s1. The van der Waals surface area contributed by atoms with Gasteiger partial charge in [-0.25, -0.2) is 0 Å². The second-order valence-corrected chi connectivity index (χ2v) is 8.66. The Balaban J connectivity index is 1.61. The third-order valence-electron chi connectivity index (χ3n) is 7.13. The molecule has 2 fully saturated rings. The van der Waals surface area contributed by atoms with Crippen LogP contribution < -0.4 is 26.7 Å². The number of nitrogen functional groups attached to an aromatic ring is 1. The van der Waals surface area contributed by atoms with Gasteiger partial charge in [-0.15, -0.1) is 0 Å². The minimum absolute atomic E-state index is 0.135. The van der Waals surface area contributed by atoms with E-state index in [1.54, 1.807) is 18.7 Å². The lowest BCUT2D eigenvalue weighted by atomic mass is 9.73. The van der Waals surface area contributed by atoms with Crippen molar-refractivity contribution in [2.75, 3.05) is 30.8 Å². The highest BCUT2D eigenvalue weighted by Gasteiger charge is 2.46. The highest BCUT2D eigenvalue weighted by atomic mass is 16.5. The first-order chi connectivity index (χ1) is 13.9. The van der Waals surface area contributed by atoms with Gasteiger partial charge in [0.2, 0.25) is 5.95 Å². The zero-order valence-corrected chi connectivity index (χ0v) is 17.5. The van der Waals surface area contributed by atoms with E-state index in [9.17, 15) is 4.79 Å². The lowest BCUT2D eigenvalue weighted by Crippen LogP contribution is -2.49. The molecule has 156 valence electrons. The largest absolute Gasteiger partial charge is 0.497 e. The molecule has 4 rings (SSSR count). The van der Waals surface area contributed by atoms with Crippen LogP contribution in [-0.4, -0.2) is 35.8 Å². The van der Waals surface area contributed by atoms with Crippen molar-refractivity contribution in [3.8, 4) is 16.9 Å². The van der Waals surface area contributed by atoms with Crippen molar-refractivity contribution in [3.63, 3.8) is 0 Å². The molecule has 2 heterocycles. The molecule has 0 radical (unpaired) electrons. The van der Waals surface area contributed by atoms with Crippen LogP contribution in [-0.2, 0) is 7.05 Å². The number of aromatic nitrogens is 2. The van der Waals surface area contributed by atoms with Crippen molar-refractivity contribution >= 4 is 11.8 Å². The summed E-state index contributed by atoms with van der Waals surface area (Å²) in [4.78, 5) is 19.9. The normalized spacial score (nSPS) is 23.5. The molecule has 0 bridgehead atoms. The molecule has 2 atom stereocenters. The molecule has 1 aromatic heterocycles. The average molecular weight is 398 g/mol. The molecule has 1 spiro atoms. The fourth-order valence-electron chi connectivity index (χ4n) is 5.12. The Morgan fingerprint density at radius 1 is 1.17 bits per heavy atom. The maximum absolute atomic E-state index is 13.1. The van der Waals surface area contributed by atoms with Gasteiger partial charge in [-0.05, 0) is 54.7 Å². The third-order valence-corrected chi connectivity index (χ3v) is 7.13. The van der Waals surface area contributed by atoms with Crippen LogP contribution in [0.4, 0.5) is 11.8 Å². The average Bonchev–Trinajstić information content (AvgIpc) is 3.00. The van der Waals surface area contributed by atoms with Crippen LogP contribution in [0.15, 0.2) is 29.1 Å². The second kappa shape index (κ2) is 7.37. The van der Waals surface area contributed by atoms with Gasteiger partial charge in [-0.3, -0.25) is 9.36 Å². The summed E-state index contributed by atoms with van der Waals surface area (Å²) in [7, 11) is 3.38. The van der Waals surface area contributed by atoms with Crippen molar-refractivity contribution in [2.45, 2.75) is 38.6 Å². The summed E-state index contributed by atoms with van der Waals surface area (Å²) in [6, 6.07) is 7.57. The Morgan fingerprint density at radius 2 is 1.83 bits per heavy atom. The summed E-state index contributed by atoms with van der Waals surface area (Å²) in [5, 5.41) is 0. The van der Waals surface area contributed by atoms with E-state index >= 15 is 0 Å². The molecule has 1 saturated carbocycles. The number of hydrogen-bond acceptors (Lipinski definition) is 6. The molecule has 29 heavy (non-hydrogen) atoms. The van der Waals surface area contributed by atoms with E-state index in [1.807, 2.05) is 24.3 Å². The monoisotopic (exact) mass is 397 g/mol. The maximum Gasteiger partial charge on any atom is 0.264 e. The highest BCUT2D eigenvalue weighted by Crippen LogP contribution is 2.48. The number of ether oxygens (including phenoxy) is 1. The Labute approximate surface area is 171 Å². The molecule has 7 heteroatoms. The van der Waals surface area contributed by atoms with Crippen LogP contribution in [0.2, 0.25) is 0 Å². The number of anilines is 2. The van der Waals surface area contributed by atoms with Gasteiger partial charge in [0, 0.05) is 26.2 Å². The molecular weight excluding hydrogens is 366 g/mol. The molecule has 7 nitrogen and oxygen atoms in total. The summed E-state index contributed by atoms with van der Waals surface area (Å²) in [6.07, 6.45) is 4.48. The quantitative estimate of drug-likeness (QED) is 0.825. The molecule has 1 aliphatic heterocycles. The van der Waals surface area contributed by atoms with E-state index < -0.39 is 0 Å². The molecule has 1 saturated heterocycles. The fraction of sp³-hybridized carbons (Fsp3) is 0.545. The van der Waals surface area contributed by atoms with Gasteiger partial charge in [-0.2, -0.15) is 4.98 Å². The van der Waals surface area contributed by atoms with E-state index in [-0.39, 0.29) is 22.8 Å². The third kappa shape index (κ3) is 3.27. The minimum Gasteiger partial charge on any atom is -0.497 e. The number of nitrogens with two attached hydrogens (primary N) is 2. The summed E-state index contributed by atoms with van der Waals surface area (Å²) >= 11 is 0. The van der Waals surface area contributed by atoms with E-state index in [4.69, 9.17) is 16.2 Å². The van der Waals surface area contributed by atoms with Gasteiger partial charge >= 0.3 is 0 Å². The molecule has 0 amide bonds. The second-order valence-electron chi connectivity index (χ2n) is 8.66. The topological polar surface area (TPSA) is 99.4 Å². The van der Waals surface area contributed by atoms with Crippen LogP contribution in [0.25, 0.3) is 11.1 Å². The number of piperidine rings is 1. The van der Waals surface area contributed by atoms with Gasteiger partial charge < -0.3 is 21.1 Å². The van der Waals surface area contributed by atoms with Crippen LogP contribution in [0.3, 0.4) is 0 Å². The smallest absolute Gasteiger partial charge is 0.264 e. The number of rotatable bonds is 3. The molecule has 2 aliphatic rings. The van der Waals surface area contributed by atoms with E-state index in [0.717, 1.165) is 37.2 Å². The zero-order chi connectivity index (χ0) is 20.8. The van der Waals surface area contributed by atoms with Gasteiger partial charge in [0.15, 0.2) is 0 Å². The fourth-order valence-corrected chi connectivity index (χ4v) is 5.12. The minimum atomic E-state index is -0.135. The molecule has 1 aromatic carbocycles. The van der Waals surface area contributed by atoms with Crippen molar-refractivity contribution in [1.29, 1.82) is 0 Å². The lowest BCUT2D eigenvalue weighted by Gasteiger charge is -2.43. The van der Waals surface area contributed by atoms with E-state index in [1.165, 1.54) is 12.8 Å². The number of benzene rings is 1. The Bertz CT molecular complexity index is 945. The summed E-state index contributed by atoms with van der Waals surface area (Å²) in [5.74, 6) is 2.22. The first-order valence-electron chi connectivity index (χ1n) is 10.4. The Morgan fingerprint density at radius 3 is 2.38 bits per heavy atom. The predicted octanol–water partition coefficient (Wildman–Crippen LogP) is 2.38. The van der Waals surface area contributed by atoms with E-state index in [0.29, 0.717) is 17.4 Å². The van der Waals surface area contributed by atoms with Gasteiger partial charge in [-0.1, -0.05) is 19.1 Å². The van der Waals surface area contributed by atoms with Crippen molar-refractivity contribution in [2.24, 2.45) is 24.1 Å².